The summed E-state index contributed by atoms with van der Waals surface area (Å²) in [6, 6.07) is 1.50. The highest BCUT2D eigenvalue weighted by atomic mass is 79.9. The van der Waals surface area contributed by atoms with Gasteiger partial charge in [-0.15, -0.1) is 0 Å². The fourth-order valence-corrected chi connectivity index (χ4v) is 1.71. The van der Waals surface area contributed by atoms with Gasteiger partial charge >= 0.3 is 6.18 Å². The minimum atomic E-state index is -4.96. The van der Waals surface area contributed by atoms with Crippen LogP contribution in [0.1, 0.15) is 15.9 Å². The van der Waals surface area contributed by atoms with Gasteiger partial charge in [0.15, 0.2) is 5.78 Å². The number of Topliss-reactive ketones (excluding diaryl/α,β-unsaturated/α-hetero) is 1. The molecule has 16 heavy (non-hydrogen) atoms. The van der Waals surface area contributed by atoms with E-state index in [0.717, 1.165) is 6.07 Å². The summed E-state index contributed by atoms with van der Waals surface area (Å²) in [5, 5.41) is -0.780. The van der Waals surface area contributed by atoms with Gasteiger partial charge in [0.2, 0.25) is 0 Å². The molecule has 0 aliphatic carbocycles. The van der Waals surface area contributed by atoms with Gasteiger partial charge in [-0.05, 0) is 12.1 Å². The highest BCUT2D eigenvalue weighted by Crippen LogP contribution is 2.37. The molecule has 0 aliphatic rings. The lowest BCUT2D eigenvalue weighted by Crippen LogP contribution is -2.16. The van der Waals surface area contributed by atoms with Gasteiger partial charge in [-0.25, -0.2) is 4.39 Å². The number of rotatable bonds is 2. The molecule has 1 aromatic rings. The second-order valence-corrected chi connectivity index (χ2v) is 3.80. The number of hydrogen-bond acceptors (Lipinski definition) is 1. The molecule has 1 rings (SSSR count). The number of hydrogen-bond donors (Lipinski definition) is 0. The molecule has 0 aliphatic heterocycles. The lowest BCUT2D eigenvalue weighted by Gasteiger charge is -2.13. The van der Waals surface area contributed by atoms with Crippen LogP contribution in [0.5, 0.6) is 0 Å². The van der Waals surface area contributed by atoms with Crippen molar-refractivity contribution in [3.63, 3.8) is 0 Å². The standard InChI is InChI=1S/C9H4BrClF4O/c10-3-6(16)7-4(11)1-2-5(12)8(7)9(13,14)15/h1-2H,3H2. The maximum absolute atomic E-state index is 13.1. The summed E-state index contributed by atoms with van der Waals surface area (Å²) in [6.45, 7) is 0. The smallest absolute Gasteiger partial charge is 0.293 e. The second-order valence-electron chi connectivity index (χ2n) is 2.83. The summed E-state index contributed by atoms with van der Waals surface area (Å²) >= 11 is 8.19. The van der Waals surface area contributed by atoms with Crippen LogP contribution in [0.15, 0.2) is 12.1 Å². The van der Waals surface area contributed by atoms with E-state index in [1.54, 1.807) is 0 Å². The van der Waals surface area contributed by atoms with E-state index in [2.05, 4.69) is 15.9 Å². The summed E-state index contributed by atoms with van der Waals surface area (Å²) in [6.07, 6.45) is -4.96. The molecule has 1 nitrogen and oxygen atoms in total. The molecule has 0 fully saturated rings. The third-order valence-electron chi connectivity index (χ3n) is 1.79. The van der Waals surface area contributed by atoms with E-state index < -0.39 is 33.9 Å². The minimum Gasteiger partial charge on any atom is -0.293 e. The number of ketones is 1. The zero-order valence-corrected chi connectivity index (χ0v) is 9.88. The highest BCUT2D eigenvalue weighted by Gasteiger charge is 2.39. The Balaban J connectivity index is 3.56. The molecule has 0 saturated carbocycles. The molecular weight excluding hydrogens is 315 g/mol. The van der Waals surface area contributed by atoms with Crippen molar-refractivity contribution < 1.29 is 22.4 Å². The molecule has 0 N–H and O–H groups in total. The normalized spacial score (nSPS) is 11.6. The van der Waals surface area contributed by atoms with Gasteiger partial charge in [0.05, 0.1) is 15.9 Å². The predicted octanol–water partition coefficient (Wildman–Crippen LogP) is 4.08. The molecule has 0 heterocycles. The fraction of sp³-hybridized carbons (Fsp3) is 0.222. The average molecular weight is 319 g/mol. The summed E-state index contributed by atoms with van der Waals surface area (Å²) in [5.41, 5.74) is -2.46. The van der Waals surface area contributed by atoms with E-state index in [4.69, 9.17) is 11.6 Å². The van der Waals surface area contributed by atoms with Crippen LogP contribution in [0.4, 0.5) is 17.6 Å². The Morgan fingerprint density at radius 2 is 1.94 bits per heavy atom. The molecule has 0 spiro atoms. The van der Waals surface area contributed by atoms with Crippen molar-refractivity contribution in [2.24, 2.45) is 0 Å². The van der Waals surface area contributed by atoms with Crippen molar-refractivity contribution in [1.82, 2.24) is 0 Å². The molecule has 7 heteroatoms. The van der Waals surface area contributed by atoms with Gasteiger partial charge < -0.3 is 0 Å². The van der Waals surface area contributed by atoms with E-state index >= 15 is 0 Å². The van der Waals surface area contributed by atoms with Crippen LogP contribution in [-0.2, 0) is 6.18 Å². The SMILES string of the molecule is O=C(CBr)c1c(Cl)ccc(F)c1C(F)(F)F. The van der Waals surface area contributed by atoms with Gasteiger partial charge in [-0.1, -0.05) is 27.5 Å². The first-order valence-corrected chi connectivity index (χ1v) is 5.43. The Kier molecular flexibility index (Phi) is 3.96. The Morgan fingerprint density at radius 3 is 2.38 bits per heavy atom. The van der Waals surface area contributed by atoms with Crippen molar-refractivity contribution in [2.75, 3.05) is 5.33 Å². The van der Waals surface area contributed by atoms with Crippen LogP contribution >= 0.6 is 27.5 Å². The third kappa shape index (κ3) is 2.55. The molecule has 0 saturated heterocycles. The van der Waals surface area contributed by atoms with Crippen LogP contribution in [0.2, 0.25) is 5.02 Å². The predicted molar refractivity (Wildman–Crippen MR) is 54.5 cm³/mol. The maximum atomic E-state index is 13.1. The first-order valence-electron chi connectivity index (χ1n) is 3.93. The zero-order valence-electron chi connectivity index (χ0n) is 7.54. The van der Waals surface area contributed by atoms with Crippen LogP contribution < -0.4 is 0 Å². The molecule has 88 valence electrons. The molecule has 0 radical (unpaired) electrons. The van der Waals surface area contributed by atoms with Crippen molar-refractivity contribution in [3.05, 3.63) is 34.1 Å². The summed E-state index contributed by atoms with van der Waals surface area (Å²) < 4.78 is 50.6. The first-order chi connectivity index (χ1) is 7.29. The Hall–Kier alpha value is -0.620. The van der Waals surface area contributed by atoms with Crippen molar-refractivity contribution >= 4 is 33.3 Å². The number of carbonyl (C=O) groups excluding carboxylic acids is 1. The highest BCUT2D eigenvalue weighted by molar-refractivity contribution is 9.09. The largest absolute Gasteiger partial charge is 0.419 e. The number of alkyl halides is 4. The maximum Gasteiger partial charge on any atom is 0.419 e. The number of halogens is 6. The fourth-order valence-electron chi connectivity index (χ4n) is 1.17. The van der Waals surface area contributed by atoms with Crippen LogP contribution in [-0.4, -0.2) is 11.1 Å². The average Bonchev–Trinajstić information content (AvgIpc) is 2.18. The Labute approximate surface area is 102 Å². The summed E-state index contributed by atoms with van der Waals surface area (Å²) in [4.78, 5) is 11.3. The molecule has 0 bridgehead atoms. The van der Waals surface area contributed by atoms with Crippen molar-refractivity contribution in [2.45, 2.75) is 6.18 Å². The summed E-state index contributed by atoms with van der Waals surface area (Å²) in [7, 11) is 0. The molecule has 0 aromatic heterocycles. The van der Waals surface area contributed by atoms with E-state index in [9.17, 15) is 22.4 Å². The van der Waals surface area contributed by atoms with Crippen molar-refractivity contribution in [1.29, 1.82) is 0 Å². The molecule has 1 aromatic carbocycles. The van der Waals surface area contributed by atoms with E-state index in [1.165, 1.54) is 0 Å². The Bertz CT molecular complexity index is 430. The van der Waals surface area contributed by atoms with E-state index in [1.807, 2.05) is 0 Å². The van der Waals surface area contributed by atoms with Gasteiger partial charge in [-0.3, -0.25) is 4.79 Å². The summed E-state index contributed by atoms with van der Waals surface area (Å²) in [5.74, 6) is -2.43. The van der Waals surface area contributed by atoms with E-state index in [0.29, 0.717) is 6.07 Å². The second kappa shape index (κ2) is 4.71. The topological polar surface area (TPSA) is 17.1 Å². The minimum absolute atomic E-state index is 0.362. The lowest BCUT2D eigenvalue weighted by molar-refractivity contribution is -0.140. The number of benzene rings is 1. The molecular formula is C9H4BrClF4O. The molecule has 0 atom stereocenters. The molecule has 0 amide bonds. The molecule has 0 unspecified atom stereocenters. The first kappa shape index (κ1) is 13.4. The quantitative estimate of drug-likeness (QED) is 0.456. The van der Waals surface area contributed by atoms with Crippen molar-refractivity contribution in [3.8, 4) is 0 Å². The van der Waals surface area contributed by atoms with Crippen LogP contribution in [0.3, 0.4) is 0 Å². The zero-order chi connectivity index (χ0) is 12.5. The van der Waals surface area contributed by atoms with Gasteiger partial charge in [0.25, 0.3) is 0 Å². The third-order valence-corrected chi connectivity index (χ3v) is 2.61. The number of carbonyl (C=O) groups is 1. The lowest BCUT2D eigenvalue weighted by atomic mass is 10.0. The van der Waals surface area contributed by atoms with Gasteiger partial charge in [0, 0.05) is 0 Å². The van der Waals surface area contributed by atoms with Crippen LogP contribution in [0, 0.1) is 5.82 Å². The van der Waals surface area contributed by atoms with Crippen LogP contribution in [0.25, 0.3) is 0 Å². The Morgan fingerprint density at radius 1 is 1.38 bits per heavy atom. The van der Waals surface area contributed by atoms with Gasteiger partial charge in [0.1, 0.15) is 11.4 Å². The monoisotopic (exact) mass is 318 g/mol. The van der Waals surface area contributed by atoms with Gasteiger partial charge in [-0.2, -0.15) is 13.2 Å². The van der Waals surface area contributed by atoms with E-state index in [-0.39, 0.29) is 5.33 Å².